The summed E-state index contributed by atoms with van der Waals surface area (Å²) in [6, 6.07) is 8.94. The molecule has 1 aromatic carbocycles. The van der Waals surface area contributed by atoms with Crippen molar-refractivity contribution < 1.29 is 22.3 Å². The van der Waals surface area contributed by atoms with Gasteiger partial charge in [0.25, 0.3) is 0 Å². The number of alkyl halides is 3. The van der Waals surface area contributed by atoms with Crippen LogP contribution in [-0.2, 0) is 6.18 Å². The summed E-state index contributed by atoms with van der Waals surface area (Å²) in [6.07, 6.45) is -4.83. The highest BCUT2D eigenvalue weighted by Gasteiger charge is 2.39. The molecule has 0 aliphatic heterocycles. The van der Waals surface area contributed by atoms with Gasteiger partial charge in [-0.1, -0.05) is 18.2 Å². The SMILES string of the molecule is Cc1cc(Oc2ccccc2)c(C(F)(F)F)c(=O)o1. The van der Waals surface area contributed by atoms with E-state index in [1.807, 2.05) is 0 Å². The molecule has 3 nitrogen and oxygen atoms in total. The minimum atomic E-state index is -4.83. The van der Waals surface area contributed by atoms with Gasteiger partial charge in [0.15, 0.2) is 11.3 Å². The first kappa shape index (κ1) is 13.2. The zero-order chi connectivity index (χ0) is 14.0. The first-order chi connectivity index (χ1) is 8.88. The van der Waals surface area contributed by atoms with Gasteiger partial charge in [0, 0.05) is 6.07 Å². The average molecular weight is 270 g/mol. The van der Waals surface area contributed by atoms with Crippen LogP contribution in [0.5, 0.6) is 11.5 Å². The molecule has 0 unspecified atom stereocenters. The molecule has 100 valence electrons. The van der Waals surface area contributed by atoms with E-state index in [1.165, 1.54) is 19.1 Å². The quantitative estimate of drug-likeness (QED) is 0.834. The largest absolute Gasteiger partial charge is 0.456 e. The van der Waals surface area contributed by atoms with Crippen LogP contribution in [0.15, 0.2) is 45.6 Å². The van der Waals surface area contributed by atoms with Crippen molar-refractivity contribution in [2.24, 2.45) is 0 Å². The fourth-order valence-corrected chi connectivity index (χ4v) is 1.54. The molecule has 0 aliphatic rings. The summed E-state index contributed by atoms with van der Waals surface area (Å²) in [5, 5.41) is 0. The number of aryl methyl sites for hydroxylation is 1. The molecule has 0 saturated heterocycles. The molecule has 1 heterocycles. The maximum Gasteiger partial charge on any atom is 0.427 e. The molecule has 0 N–H and O–H groups in total. The summed E-state index contributed by atoms with van der Waals surface area (Å²) in [5.41, 5.74) is -2.90. The number of para-hydroxylation sites is 1. The van der Waals surface area contributed by atoms with Crippen molar-refractivity contribution >= 4 is 0 Å². The van der Waals surface area contributed by atoms with E-state index in [1.54, 1.807) is 18.2 Å². The van der Waals surface area contributed by atoms with Crippen LogP contribution in [0.1, 0.15) is 11.3 Å². The fourth-order valence-electron chi connectivity index (χ4n) is 1.54. The Hall–Kier alpha value is -2.24. The van der Waals surface area contributed by atoms with E-state index in [-0.39, 0.29) is 11.5 Å². The summed E-state index contributed by atoms with van der Waals surface area (Å²) < 4.78 is 48.0. The van der Waals surface area contributed by atoms with E-state index in [2.05, 4.69) is 4.42 Å². The van der Waals surface area contributed by atoms with Gasteiger partial charge in [0.1, 0.15) is 11.5 Å². The van der Waals surface area contributed by atoms with Gasteiger partial charge in [-0.15, -0.1) is 0 Å². The number of hydrogen-bond donors (Lipinski definition) is 0. The second-order valence-corrected chi connectivity index (χ2v) is 3.80. The Morgan fingerprint density at radius 3 is 2.37 bits per heavy atom. The molecular formula is C13H9F3O3. The van der Waals surface area contributed by atoms with Crippen molar-refractivity contribution in [2.45, 2.75) is 13.1 Å². The Morgan fingerprint density at radius 2 is 1.79 bits per heavy atom. The molecule has 0 aliphatic carbocycles. The first-order valence-corrected chi connectivity index (χ1v) is 5.33. The second-order valence-electron chi connectivity index (χ2n) is 3.80. The van der Waals surface area contributed by atoms with Crippen LogP contribution in [0.2, 0.25) is 0 Å². The normalized spacial score (nSPS) is 11.4. The smallest absolute Gasteiger partial charge is 0.427 e. The highest BCUT2D eigenvalue weighted by atomic mass is 19.4. The third-order valence-electron chi connectivity index (χ3n) is 2.29. The van der Waals surface area contributed by atoms with Crippen LogP contribution in [0.3, 0.4) is 0 Å². The number of hydrogen-bond acceptors (Lipinski definition) is 3. The van der Waals surface area contributed by atoms with Crippen molar-refractivity contribution in [1.82, 2.24) is 0 Å². The van der Waals surface area contributed by atoms with Crippen molar-refractivity contribution in [3.63, 3.8) is 0 Å². The number of rotatable bonds is 2. The summed E-state index contributed by atoms with van der Waals surface area (Å²) in [4.78, 5) is 11.3. The maximum atomic E-state index is 12.8. The standard InChI is InChI=1S/C13H9F3O3/c1-8-7-10(19-9-5-3-2-4-6-9)11(12(17)18-8)13(14,15)16/h2-7H,1H3. The van der Waals surface area contributed by atoms with E-state index in [0.717, 1.165) is 6.07 Å². The topological polar surface area (TPSA) is 39.4 Å². The molecule has 19 heavy (non-hydrogen) atoms. The van der Waals surface area contributed by atoms with E-state index >= 15 is 0 Å². The van der Waals surface area contributed by atoms with Gasteiger partial charge in [0.05, 0.1) is 0 Å². The molecule has 0 atom stereocenters. The Kier molecular flexibility index (Phi) is 3.33. The third-order valence-corrected chi connectivity index (χ3v) is 2.29. The summed E-state index contributed by atoms with van der Waals surface area (Å²) in [6.45, 7) is 1.37. The van der Waals surface area contributed by atoms with Crippen LogP contribution in [0, 0.1) is 6.92 Å². The number of benzene rings is 1. The molecule has 0 fully saturated rings. The molecule has 0 spiro atoms. The fraction of sp³-hybridized carbons (Fsp3) is 0.154. The van der Waals surface area contributed by atoms with Crippen LogP contribution in [0.25, 0.3) is 0 Å². The van der Waals surface area contributed by atoms with Crippen LogP contribution in [0.4, 0.5) is 13.2 Å². The van der Waals surface area contributed by atoms with Gasteiger partial charge in [-0.05, 0) is 19.1 Å². The van der Waals surface area contributed by atoms with Crippen molar-refractivity contribution in [2.75, 3.05) is 0 Å². The lowest BCUT2D eigenvalue weighted by Crippen LogP contribution is -2.20. The van der Waals surface area contributed by atoms with Gasteiger partial charge < -0.3 is 9.15 Å². The predicted octanol–water partition coefficient (Wildman–Crippen LogP) is 3.76. The second kappa shape index (κ2) is 4.79. The van der Waals surface area contributed by atoms with Gasteiger partial charge in [-0.25, -0.2) is 4.79 Å². The van der Waals surface area contributed by atoms with Crippen LogP contribution in [-0.4, -0.2) is 0 Å². The third kappa shape index (κ3) is 2.96. The minimum absolute atomic E-state index is 0.0453. The first-order valence-electron chi connectivity index (χ1n) is 5.33. The lowest BCUT2D eigenvalue weighted by Gasteiger charge is -2.12. The average Bonchev–Trinajstić information content (AvgIpc) is 2.27. The summed E-state index contributed by atoms with van der Waals surface area (Å²) >= 11 is 0. The summed E-state index contributed by atoms with van der Waals surface area (Å²) in [5.74, 6) is -0.311. The molecule has 0 radical (unpaired) electrons. The monoisotopic (exact) mass is 270 g/mol. The van der Waals surface area contributed by atoms with Crippen LogP contribution >= 0.6 is 0 Å². The van der Waals surface area contributed by atoms with Gasteiger partial charge >= 0.3 is 11.8 Å². The highest BCUT2D eigenvalue weighted by molar-refractivity contribution is 5.38. The summed E-state index contributed by atoms with van der Waals surface area (Å²) in [7, 11) is 0. The van der Waals surface area contributed by atoms with E-state index in [0.29, 0.717) is 0 Å². The van der Waals surface area contributed by atoms with Crippen molar-refractivity contribution in [3.05, 3.63) is 58.1 Å². The Bertz CT molecular complexity index is 630. The van der Waals surface area contributed by atoms with E-state index in [4.69, 9.17) is 4.74 Å². The zero-order valence-corrected chi connectivity index (χ0v) is 9.82. The molecule has 6 heteroatoms. The molecule has 1 aromatic heterocycles. The van der Waals surface area contributed by atoms with Gasteiger partial charge in [-0.2, -0.15) is 13.2 Å². The van der Waals surface area contributed by atoms with E-state index in [9.17, 15) is 18.0 Å². The number of ether oxygens (including phenoxy) is 1. The molecular weight excluding hydrogens is 261 g/mol. The Morgan fingerprint density at radius 1 is 1.16 bits per heavy atom. The molecule has 2 aromatic rings. The Labute approximate surface area is 106 Å². The van der Waals surface area contributed by atoms with Gasteiger partial charge in [-0.3, -0.25) is 0 Å². The predicted molar refractivity (Wildman–Crippen MR) is 61.2 cm³/mol. The van der Waals surface area contributed by atoms with Gasteiger partial charge in [0.2, 0.25) is 0 Å². The maximum absolute atomic E-state index is 12.8. The Balaban J connectivity index is 2.53. The van der Waals surface area contributed by atoms with Crippen LogP contribution < -0.4 is 10.4 Å². The highest BCUT2D eigenvalue weighted by Crippen LogP contribution is 2.36. The molecule has 0 amide bonds. The van der Waals surface area contributed by atoms with E-state index < -0.39 is 23.1 Å². The molecule has 0 bridgehead atoms. The lowest BCUT2D eigenvalue weighted by atomic mass is 10.2. The zero-order valence-electron chi connectivity index (χ0n) is 9.82. The van der Waals surface area contributed by atoms with Crippen molar-refractivity contribution in [3.8, 4) is 11.5 Å². The molecule has 0 saturated carbocycles. The minimum Gasteiger partial charge on any atom is -0.456 e. The van der Waals surface area contributed by atoms with Crippen molar-refractivity contribution in [1.29, 1.82) is 0 Å². The molecule has 2 rings (SSSR count). The number of halogens is 3. The lowest BCUT2D eigenvalue weighted by molar-refractivity contribution is -0.140.